The summed E-state index contributed by atoms with van der Waals surface area (Å²) >= 11 is 1.55. The van der Waals surface area contributed by atoms with E-state index < -0.39 is 0 Å². The van der Waals surface area contributed by atoms with Gasteiger partial charge in [-0.05, 0) is 23.8 Å². The second-order valence-corrected chi connectivity index (χ2v) is 5.56. The molecule has 0 aliphatic rings. The highest BCUT2D eigenvalue weighted by Crippen LogP contribution is 2.33. The maximum Gasteiger partial charge on any atom is 0.221 e. The Bertz CT molecular complexity index is 814. The first-order valence-corrected chi connectivity index (χ1v) is 7.15. The van der Waals surface area contributed by atoms with Crippen LogP contribution in [0.2, 0.25) is 0 Å². The van der Waals surface area contributed by atoms with Gasteiger partial charge in [0.15, 0.2) is 0 Å². The third-order valence-corrected chi connectivity index (χ3v) is 4.17. The highest BCUT2D eigenvalue weighted by molar-refractivity contribution is 7.21. The number of aromatic nitrogens is 2. The molecular weight excluding hydrogens is 286 g/mol. The number of hydrogen-bond donors (Lipinski definition) is 1. The Morgan fingerprint density at radius 3 is 3.00 bits per heavy atom. The highest BCUT2D eigenvalue weighted by Gasteiger charge is 2.12. The van der Waals surface area contributed by atoms with Gasteiger partial charge in [-0.1, -0.05) is 0 Å². The van der Waals surface area contributed by atoms with Gasteiger partial charge in [-0.15, -0.1) is 11.3 Å². The summed E-state index contributed by atoms with van der Waals surface area (Å²) in [7, 11) is 1.63. The lowest BCUT2D eigenvalue weighted by Gasteiger charge is -2.03. The molecule has 2 heterocycles. The monoisotopic (exact) mass is 299 g/mol. The van der Waals surface area contributed by atoms with E-state index in [1.807, 2.05) is 18.2 Å². The average Bonchev–Trinajstić information content (AvgIpc) is 2.89. The summed E-state index contributed by atoms with van der Waals surface area (Å²) in [6.45, 7) is 0. The minimum absolute atomic E-state index is 0.178. The molecule has 2 aromatic heterocycles. The molecule has 1 aromatic carbocycles. The summed E-state index contributed by atoms with van der Waals surface area (Å²) in [5.74, 6) is 0.396. The standard InChI is InChI=1S/C15H13N3O2S/c1-20-10-2-3-13-12(7-10)18-15(21-13)11-8-17-5-4-9(11)6-14(16)19/h2-5,7-8H,6H2,1H3,(H2,16,19). The maximum absolute atomic E-state index is 11.2. The zero-order valence-corrected chi connectivity index (χ0v) is 12.2. The third kappa shape index (κ3) is 2.71. The van der Waals surface area contributed by atoms with Gasteiger partial charge in [0.1, 0.15) is 10.8 Å². The van der Waals surface area contributed by atoms with Crippen molar-refractivity contribution in [3.05, 3.63) is 42.2 Å². The van der Waals surface area contributed by atoms with Gasteiger partial charge in [-0.25, -0.2) is 4.98 Å². The van der Waals surface area contributed by atoms with E-state index in [0.29, 0.717) is 0 Å². The summed E-state index contributed by atoms with van der Waals surface area (Å²) < 4.78 is 6.26. The molecule has 0 fully saturated rings. The lowest BCUT2D eigenvalue weighted by Crippen LogP contribution is -2.14. The van der Waals surface area contributed by atoms with Gasteiger partial charge >= 0.3 is 0 Å². The number of carbonyl (C=O) groups is 1. The van der Waals surface area contributed by atoms with Gasteiger partial charge in [0, 0.05) is 24.0 Å². The van der Waals surface area contributed by atoms with Crippen LogP contribution in [0, 0.1) is 0 Å². The smallest absolute Gasteiger partial charge is 0.221 e. The number of methoxy groups -OCH3 is 1. The predicted octanol–water partition coefficient (Wildman–Crippen LogP) is 2.39. The van der Waals surface area contributed by atoms with Gasteiger partial charge < -0.3 is 10.5 Å². The van der Waals surface area contributed by atoms with Crippen molar-refractivity contribution in [2.24, 2.45) is 5.73 Å². The van der Waals surface area contributed by atoms with Crippen LogP contribution >= 0.6 is 11.3 Å². The third-order valence-electron chi connectivity index (χ3n) is 3.10. The summed E-state index contributed by atoms with van der Waals surface area (Å²) in [5, 5.41) is 0.822. The van der Waals surface area contributed by atoms with E-state index in [2.05, 4.69) is 9.97 Å². The normalized spacial score (nSPS) is 10.7. The van der Waals surface area contributed by atoms with Crippen molar-refractivity contribution in [1.82, 2.24) is 9.97 Å². The topological polar surface area (TPSA) is 78.1 Å². The number of ether oxygens (including phenoxy) is 1. The molecule has 3 rings (SSSR count). The first kappa shape index (κ1) is 13.5. The summed E-state index contributed by atoms with van der Waals surface area (Å²) in [5.41, 5.74) is 7.84. The molecule has 0 aliphatic heterocycles. The van der Waals surface area contributed by atoms with E-state index >= 15 is 0 Å². The molecule has 5 nitrogen and oxygen atoms in total. The Balaban J connectivity index is 2.10. The van der Waals surface area contributed by atoms with E-state index in [4.69, 9.17) is 10.5 Å². The van der Waals surface area contributed by atoms with Crippen LogP contribution in [0.4, 0.5) is 0 Å². The first-order chi connectivity index (χ1) is 10.2. The Hall–Kier alpha value is -2.47. The van der Waals surface area contributed by atoms with Crippen molar-refractivity contribution in [3.63, 3.8) is 0 Å². The minimum Gasteiger partial charge on any atom is -0.497 e. The molecule has 0 saturated carbocycles. The van der Waals surface area contributed by atoms with Gasteiger partial charge in [0.25, 0.3) is 0 Å². The number of pyridine rings is 1. The number of rotatable bonds is 4. The molecule has 6 heteroatoms. The molecule has 21 heavy (non-hydrogen) atoms. The predicted molar refractivity (Wildman–Crippen MR) is 82.3 cm³/mol. The zero-order chi connectivity index (χ0) is 14.8. The first-order valence-electron chi connectivity index (χ1n) is 6.33. The van der Waals surface area contributed by atoms with E-state index in [0.717, 1.165) is 32.1 Å². The SMILES string of the molecule is COc1ccc2sc(-c3cnccc3CC(N)=O)nc2c1. The molecule has 0 spiro atoms. The molecule has 0 atom stereocenters. The largest absolute Gasteiger partial charge is 0.497 e. The van der Waals surface area contributed by atoms with Crippen LogP contribution in [0.15, 0.2) is 36.7 Å². The number of amides is 1. The Morgan fingerprint density at radius 2 is 2.24 bits per heavy atom. The fraction of sp³-hybridized carbons (Fsp3) is 0.133. The number of thiazole rings is 1. The molecule has 3 aromatic rings. The van der Waals surface area contributed by atoms with Crippen molar-refractivity contribution >= 4 is 27.5 Å². The van der Waals surface area contributed by atoms with E-state index in [-0.39, 0.29) is 12.3 Å². The van der Waals surface area contributed by atoms with E-state index in [9.17, 15) is 4.79 Å². The van der Waals surface area contributed by atoms with E-state index in [1.54, 1.807) is 36.9 Å². The summed E-state index contributed by atoms with van der Waals surface area (Å²) in [6, 6.07) is 7.56. The minimum atomic E-state index is -0.370. The molecule has 0 bridgehead atoms. The van der Waals surface area contributed by atoms with Crippen molar-refractivity contribution in [2.45, 2.75) is 6.42 Å². The fourth-order valence-electron chi connectivity index (χ4n) is 2.11. The number of nitrogens with two attached hydrogens (primary N) is 1. The van der Waals surface area contributed by atoms with Crippen LogP contribution in [-0.2, 0) is 11.2 Å². The lowest BCUT2D eigenvalue weighted by molar-refractivity contribution is -0.117. The molecule has 0 saturated heterocycles. The summed E-state index contributed by atoms with van der Waals surface area (Å²) in [4.78, 5) is 19.9. The average molecular weight is 299 g/mol. The van der Waals surface area contributed by atoms with Gasteiger partial charge in [0.2, 0.25) is 5.91 Å². The van der Waals surface area contributed by atoms with Crippen molar-refractivity contribution in [3.8, 4) is 16.3 Å². The summed E-state index contributed by atoms with van der Waals surface area (Å²) in [6.07, 6.45) is 3.54. The Kier molecular flexibility index (Phi) is 3.53. The number of fused-ring (bicyclic) bond motifs is 1. The second kappa shape index (κ2) is 5.49. The van der Waals surface area contributed by atoms with E-state index in [1.165, 1.54) is 0 Å². The van der Waals surface area contributed by atoms with Crippen molar-refractivity contribution in [2.75, 3.05) is 7.11 Å². The molecule has 0 unspecified atom stereocenters. The van der Waals surface area contributed by atoms with Gasteiger partial charge in [-0.3, -0.25) is 9.78 Å². The maximum atomic E-state index is 11.2. The van der Waals surface area contributed by atoms with Gasteiger partial charge in [0.05, 0.1) is 23.7 Å². The number of hydrogen-bond acceptors (Lipinski definition) is 5. The lowest BCUT2D eigenvalue weighted by atomic mass is 10.1. The van der Waals surface area contributed by atoms with Crippen LogP contribution in [0.3, 0.4) is 0 Å². The second-order valence-electron chi connectivity index (χ2n) is 4.53. The van der Waals surface area contributed by atoms with Crippen LogP contribution in [0.5, 0.6) is 5.75 Å². The number of carbonyl (C=O) groups excluding carboxylic acids is 1. The Labute approximate surface area is 125 Å². The molecule has 1 amide bonds. The zero-order valence-electron chi connectivity index (χ0n) is 11.4. The van der Waals surface area contributed by atoms with Crippen LogP contribution in [0.25, 0.3) is 20.8 Å². The van der Waals surface area contributed by atoms with Gasteiger partial charge in [-0.2, -0.15) is 0 Å². The van der Waals surface area contributed by atoms with Crippen LogP contribution in [0.1, 0.15) is 5.56 Å². The van der Waals surface area contributed by atoms with Crippen LogP contribution in [-0.4, -0.2) is 23.0 Å². The number of nitrogens with zero attached hydrogens (tertiary/aromatic N) is 2. The number of primary amides is 1. The van der Waals surface area contributed by atoms with Crippen molar-refractivity contribution in [1.29, 1.82) is 0 Å². The molecular formula is C15H13N3O2S. The Morgan fingerprint density at radius 1 is 1.38 bits per heavy atom. The molecule has 106 valence electrons. The molecule has 0 aliphatic carbocycles. The van der Waals surface area contributed by atoms with Crippen molar-refractivity contribution < 1.29 is 9.53 Å². The number of benzene rings is 1. The van der Waals surface area contributed by atoms with Crippen LogP contribution < -0.4 is 10.5 Å². The quantitative estimate of drug-likeness (QED) is 0.802. The molecule has 0 radical (unpaired) electrons. The molecule has 2 N–H and O–H groups in total. The highest BCUT2D eigenvalue weighted by atomic mass is 32.1. The fourth-order valence-corrected chi connectivity index (χ4v) is 3.10.